The maximum absolute atomic E-state index is 13.2. The number of nitrogens with zero attached hydrogens (tertiary/aromatic N) is 2. The third-order valence-electron chi connectivity index (χ3n) is 4.33. The van der Waals surface area contributed by atoms with Crippen molar-refractivity contribution in [2.45, 2.75) is 11.8 Å². The molecule has 3 rings (SSSR count). The summed E-state index contributed by atoms with van der Waals surface area (Å²) in [4.78, 5) is 12.6. The quantitative estimate of drug-likeness (QED) is 0.395. The van der Waals surface area contributed by atoms with E-state index in [-0.39, 0.29) is 10.7 Å². The molecule has 0 radical (unpaired) electrons. The number of anilines is 1. The molecule has 9 heteroatoms. The smallest absolute Gasteiger partial charge is 0.264 e. The van der Waals surface area contributed by atoms with Crippen molar-refractivity contribution in [2.75, 3.05) is 17.5 Å². The molecule has 0 aliphatic carbocycles. The minimum Gasteiger partial charge on any atom is -0.494 e. The van der Waals surface area contributed by atoms with Crippen molar-refractivity contribution in [3.63, 3.8) is 0 Å². The van der Waals surface area contributed by atoms with E-state index in [0.717, 1.165) is 4.31 Å². The molecule has 7 nitrogen and oxygen atoms in total. The van der Waals surface area contributed by atoms with Crippen molar-refractivity contribution in [3.8, 4) is 5.75 Å². The van der Waals surface area contributed by atoms with Crippen molar-refractivity contribution in [2.24, 2.45) is 5.10 Å². The lowest BCUT2D eigenvalue weighted by Crippen LogP contribution is -2.39. The van der Waals surface area contributed by atoms with Crippen LogP contribution in [0.2, 0.25) is 0 Å². The van der Waals surface area contributed by atoms with Crippen molar-refractivity contribution in [3.05, 3.63) is 90.2 Å². The molecule has 1 amide bonds. The molecule has 0 saturated heterocycles. The number of amides is 1. The van der Waals surface area contributed by atoms with E-state index in [2.05, 4.69) is 10.5 Å². The van der Waals surface area contributed by atoms with E-state index in [1.54, 1.807) is 42.5 Å². The summed E-state index contributed by atoms with van der Waals surface area (Å²) < 4.78 is 45.9. The Balaban J connectivity index is 1.82. The fourth-order valence-corrected chi connectivity index (χ4v) is 4.25. The summed E-state index contributed by atoms with van der Waals surface area (Å²) in [6.07, 6.45) is 1.34. The molecular weight excluding hydrogens is 433 g/mol. The van der Waals surface area contributed by atoms with Crippen LogP contribution in [0.15, 0.2) is 88.9 Å². The molecule has 0 aromatic heterocycles. The van der Waals surface area contributed by atoms with Gasteiger partial charge in [-0.2, -0.15) is 5.10 Å². The van der Waals surface area contributed by atoms with Crippen LogP contribution in [-0.4, -0.2) is 33.7 Å². The average molecular weight is 456 g/mol. The van der Waals surface area contributed by atoms with Crippen LogP contribution < -0.4 is 14.5 Å². The number of carbonyl (C=O) groups is 1. The Morgan fingerprint density at radius 3 is 2.31 bits per heavy atom. The normalized spacial score (nSPS) is 11.3. The second-order valence-electron chi connectivity index (χ2n) is 6.60. The molecule has 3 aromatic rings. The molecule has 0 unspecified atom stereocenters. The van der Waals surface area contributed by atoms with Crippen LogP contribution in [0.5, 0.6) is 5.75 Å². The highest BCUT2D eigenvalue weighted by Gasteiger charge is 2.27. The third-order valence-corrected chi connectivity index (χ3v) is 6.12. The Kier molecular flexibility index (Phi) is 7.56. The van der Waals surface area contributed by atoms with E-state index in [1.165, 1.54) is 42.6 Å². The van der Waals surface area contributed by atoms with E-state index in [4.69, 9.17) is 4.74 Å². The first-order valence-electron chi connectivity index (χ1n) is 9.78. The minimum atomic E-state index is -4.02. The molecule has 0 spiro atoms. The van der Waals surface area contributed by atoms with Gasteiger partial charge in [0.05, 0.1) is 23.4 Å². The zero-order valence-electron chi connectivity index (χ0n) is 17.3. The first kappa shape index (κ1) is 23.0. The highest BCUT2D eigenvalue weighted by molar-refractivity contribution is 7.92. The number of hydrogen-bond acceptors (Lipinski definition) is 5. The number of ether oxygens (including phenoxy) is 1. The first-order chi connectivity index (χ1) is 15.4. The highest BCUT2D eigenvalue weighted by Crippen LogP contribution is 2.25. The van der Waals surface area contributed by atoms with Gasteiger partial charge in [0.2, 0.25) is 0 Å². The van der Waals surface area contributed by atoms with Crippen LogP contribution in [0, 0.1) is 5.82 Å². The van der Waals surface area contributed by atoms with Crippen molar-refractivity contribution in [1.82, 2.24) is 5.43 Å². The summed E-state index contributed by atoms with van der Waals surface area (Å²) in [5, 5.41) is 3.82. The second-order valence-corrected chi connectivity index (χ2v) is 8.46. The van der Waals surface area contributed by atoms with Crippen LogP contribution >= 0.6 is 0 Å². The maximum Gasteiger partial charge on any atom is 0.264 e. The zero-order chi connectivity index (χ0) is 23.0. The molecule has 166 valence electrons. The molecule has 0 aliphatic heterocycles. The molecular formula is C23H22FN3O4S. The number of carbonyl (C=O) groups excluding carboxylic acids is 1. The van der Waals surface area contributed by atoms with Crippen LogP contribution in [0.4, 0.5) is 10.1 Å². The van der Waals surface area contributed by atoms with E-state index in [1.807, 2.05) is 6.92 Å². The third kappa shape index (κ3) is 5.92. The maximum atomic E-state index is 13.2. The van der Waals surface area contributed by atoms with Gasteiger partial charge in [-0.05, 0) is 61.0 Å². The summed E-state index contributed by atoms with van der Waals surface area (Å²) in [5.41, 5.74) is 3.18. The van der Waals surface area contributed by atoms with Gasteiger partial charge in [-0.1, -0.05) is 30.3 Å². The summed E-state index contributed by atoms with van der Waals surface area (Å²) in [6, 6.07) is 19.8. The first-order valence-corrected chi connectivity index (χ1v) is 11.2. The van der Waals surface area contributed by atoms with Gasteiger partial charge >= 0.3 is 0 Å². The number of hydrogen-bond donors (Lipinski definition) is 1. The summed E-state index contributed by atoms with van der Waals surface area (Å²) in [5.74, 6) is -0.443. The molecule has 32 heavy (non-hydrogen) atoms. The SMILES string of the molecule is CCOc1ccc(N(CC(=O)N/N=C\c2ccc(F)cc2)S(=O)(=O)c2ccccc2)cc1. The average Bonchev–Trinajstić information content (AvgIpc) is 2.80. The van der Waals surface area contributed by atoms with Gasteiger partial charge in [0.25, 0.3) is 15.9 Å². The number of sulfonamides is 1. The topological polar surface area (TPSA) is 88.1 Å². The molecule has 0 heterocycles. The van der Waals surface area contributed by atoms with Gasteiger partial charge in [0, 0.05) is 0 Å². The fourth-order valence-electron chi connectivity index (χ4n) is 2.80. The van der Waals surface area contributed by atoms with Gasteiger partial charge in [-0.3, -0.25) is 9.10 Å². The lowest BCUT2D eigenvalue weighted by atomic mass is 10.2. The Morgan fingerprint density at radius 1 is 1.03 bits per heavy atom. The molecule has 0 bridgehead atoms. The van der Waals surface area contributed by atoms with Crippen LogP contribution in [0.3, 0.4) is 0 Å². The molecule has 0 saturated carbocycles. The summed E-state index contributed by atoms with van der Waals surface area (Å²) >= 11 is 0. The summed E-state index contributed by atoms with van der Waals surface area (Å²) in [7, 11) is -4.02. The van der Waals surface area contributed by atoms with E-state index in [0.29, 0.717) is 23.6 Å². The zero-order valence-corrected chi connectivity index (χ0v) is 18.1. The van der Waals surface area contributed by atoms with Gasteiger partial charge in [-0.15, -0.1) is 0 Å². The van der Waals surface area contributed by atoms with Gasteiger partial charge in [0.15, 0.2) is 0 Å². The molecule has 0 aliphatic rings. The molecule has 0 atom stereocenters. The lowest BCUT2D eigenvalue weighted by Gasteiger charge is -2.24. The van der Waals surface area contributed by atoms with Crippen LogP contribution in [-0.2, 0) is 14.8 Å². The number of rotatable bonds is 9. The minimum absolute atomic E-state index is 0.0523. The molecule has 1 N–H and O–H groups in total. The Bertz CT molecular complexity index is 1170. The molecule has 0 fully saturated rings. The molecule has 3 aromatic carbocycles. The Morgan fingerprint density at radius 2 is 1.69 bits per heavy atom. The van der Waals surface area contributed by atoms with Gasteiger partial charge in [0.1, 0.15) is 18.1 Å². The Hall–Kier alpha value is -3.72. The van der Waals surface area contributed by atoms with Gasteiger partial charge in [-0.25, -0.2) is 18.2 Å². The standard InChI is InChI=1S/C23H22FN3O4S/c1-2-31-21-14-12-20(13-15-21)27(32(29,30)22-6-4-3-5-7-22)17-23(28)26-25-16-18-8-10-19(24)11-9-18/h3-16H,2,17H2,1H3,(H,26,28)/b25-16-. The number of halogens is 1. The monoisotopic (exact) mass is 455 g/mol. The predicted octanol–water partition coefficient (Wildman–Crippen LogP) is 3.57. The van der Waals surface area contributed by atoms with Crippen molar-refractivity contribution in [1.29, 1.82) is 0 Å². The highest BCUT2D eigenvalue weighted by atomic mass is 32.2. The largest absolute Gasteiger partial charge is 0.494 e. The van der Waals surface area contributed by atoms with E-state index >= 15 is 0 Å². The number of benzene rings is 3. The summed E-state index contributed by atoms with van der Waals surface area (Å²) in [6.45, 7) is 1.82. The number of hydrazone groups is 1. The van der Waals surface area contributed by atoms with Gasteiger partial charge < -0.3 is 4.74 Å². The van der Waals surface area contributed by atoms with Crippen LogP contribution in [0.1, 0.15) is 12.5 Å². The second kappa shape index (κ2) is 10.5. The predicted molar refractivity (Wildman–Crippen MR) is 121 cm³/mol. The lowest BCUT2D eigenvalue weighted by molar-refractivity contribution is -0.119. The van der Waals surface area contributed by atoms with Crippen LogP contribution in [0.25, 0.3) is 0 Å². The fraction of sp³-hybridized carbons (Fsp3) is 0.130. The number of nitrogens with one attached hydrogen (secondary N) is 1. The van der Waals surface area contributed by atoms with E-state index < -0.39 is 22.5 Å². The van der Waals surface area contributed by atoms with E-state index in [9.17, 15) is 17.6 Å². The Labute approximate surface area is 186 Å². The van der Waals surface area contributed by atoms with Crippen molar-refractivity contribution < 1.29 is 22.3 Å². The van der Waals surface area contributed by atoms with Crippen molar-refractivity contribution >= 4 is 27.8 Å².